The van der Waals surface area contributed by atoms with Gasteiger partial charge in [-0.2, -0.15) is 0 Å². The molecule has 0 radical (unpaired) electrons. The Balaban J connectivity index is 1.46. The minimum Gasteiger partial charge on any atom is -0.491 e. The van der Waals surface area contributed by atoms with Crippen molar-refractivity contribution in [2.75, 3.05) is 58.5 Å². The van der Waals surface area contributed by atoms with Gasteiger partial charge < -0.3 is 24.6 Å². The molecule has 1 aromatic carbocycles. The van der Waals surface area contributed by atoms with Crippen LogP contribution in [0.3, 0.4) is 0 Å². The first kappa shape index (κ1) is 19.9. The summed E-state index contributed by atoms with van der Waals surface area (Å²) >= 11 is 0. The Morgan fingerprint density at radius 3 is 2.50 bits per heavy atom. The number of methoxy groups -OCH3 is 1. The van der Waals surface area contributed by atoms with Crippen molar-refractivity contribution in [3.05, 3.63) is 54.2 Å². The van der Waals surface area contributed by atoms with Gasteiger partial charge in [0, 0.05) is 53.1 Å². The van der Waals surface area contributed by atoms with Gasteiger partial charge in [0.15, 0.2) is 5.96 Å². The molecule has 1 aromatic heterocycles. The van der Waals surface area contributed by atoms with Crippen LogP contribution in [0, 0.1) is 0 Å². The van der Waals surface area contributed by atoms with Gasteiger partial charge in [0.2, 0.25) is 0 Å². The van der Waals surface area contributed by atoms with Gasteiger partial charge in [-0.15, -0.1) is 0 Å². The standard InChI is InChI=1S/C21H29N5O2/c1-22-21(24-17-18-6-8-19(9-7-18)28-16-15-27-2)26-13-11-25(12-14-26)20-5-3-4-10-23-20/h3-10H,11-17H2,1-2H3,(H,22,24). The van der Waals surface area contributed by atoms with Gasteiger partial charge in [0.1, 0.15) is 18.2 Å². The maximum Gasteiger partial charge on any atom is 0.194 e. The molecule has 1 N–H and O–H groups in total. The summed E-state index contributed by atoms with van der Waals surface area (Å²) in [6.45, 7) is 5.59. The van der Waals surface area contributed by atoms with E-state index < -0.39 is 0 Å². The van der Waals surface area contributed by atoms with Crippen LogP contribution in [0.1, 0.15) is 5.56 Å². The molecule has 0 bridgehead atoms. The summed E-state index contributed by atoms with van der Waals surface area (Å²) in [4.78, 5) is 13.5. The molecule has 0 unspecified atom stereocenters. The fourth-order valence-electron chi connectivity index (χ4n) is 3.15. The molecule has 2 heterocycles. The highest BCUT2D eigenvalue weighted by molar-refractivity contribution is 5.80. The van der Waals surface area contributed by atoms with Crippen LogP contribution in [0.25, 0.3) is 0 Å². The van der Waals surface area contributed by atoms with Crippen molar-refractivity contribution in [2.24, 2.45) is 4.99 Å². The minimum absolute atomic E-state index is 0.561. The van der Waals surface area contributed by atoms with Crippen molar-refractivity contribution in [1.82, 2.24) is 15.2 Å². The molecule has 1 saturated heterocycles. The molecule has 1 aliphatic heterocycles. The first-order chi connectivity index (χ1) is 13.8. The van der Waals surface area contributed by atoms with Gasteiger partial charge in [-0.1, -0.05) is 18.2 Å². The fraction of sp³-hybridized carbons (Fsp3) is 0.429. The number of benzene rings is 1. The van der Waals surface area contributed by atoms with Gasteiger partial charge in [-0.05, 0) is 29.8 Å². The lowest BCUT2D eigenvalue weighted by Crippen LogP contribution is -2.52. The SMILES string of the molecule is CN=C(NCc1ccc(OCCOC)cc1)N1CCN(c2ccccn2)CC1. The molecule has 0 saturated carbocycles. The number of aromatic nitrogens is 1. The summed E-state index contributed by atoms with van der Waals surface area (Å²) in [6.07, 6.45) is 1.84. The van der Waals surface area contributed by atoms with Crippen molar-refractivity contribution >= 4 is 11.8 Å². The van der Waals surface area contributed by atoms with Gasteiger partial charge in [0.05, 0.1) is 6.61 Å². The maximum absolute atomic E-state index is 5.60. The first-order valence-electron chi connectivity index (χ1n) is 9.62. The molecule has 28 heavy (non-hydrogen) atoms. The Hall–Kier alpha value is -2.80. The van der Waals surface area contributed by atoms with Crippen LogP contribution in [-0.4, -0.2) is 69.4 Å². The molecule has 0 aliphatic carbocycles. The predicted molar refractivity (Wildman–Crippen MR) is 112 cm³/mol. The molecule has 150 valence electrons. The summed E-state index contributed by atoms with van der Waals surface area (Å²) in [5.41, 5.74) is 1.19. The Kier molecular flexibility index (Phi) is 7.49. The first-order valence-corrected chi connectivity index (χ1v) is 9.62. The minimum atomic E-state index is 0.561. The highest BCUT2D eigenvalue weighted by atomic mass is 16.5. The Bertz CT molecular complexity index is 728. The molecule has 7 nitrogen and oxygen atoms in total. The van der Waals surface area contributed by atoms with E-state index in [2.05, 4.69) is 43.3 Å². The lowest BCUT2D eigenvalue weighted by Gasteiger charge is -2.37. The molecule has 1 fully saturated rings. The quantitative estimate of drug-likeness (QED) is 0.448. The molecule has 7 heteroatoms. The summed E-state index contributed by atoms with van der Waals surface area (Å²) in [6, 6.07) is 14.2. The second-order valence-electron chi connectivity index (χ2n) is 6.55. The second kappa shape index (κ2) is 10.5. The van der Waals surface area contributed by atoms with E-state index >= 15 is 0 Å². The van der Waals surface area contributed by atoms with E-state index in [4.69, 9.17) is 9.47 Å². The number of ether oxygens (including phenoxy) is 2. The van der Waals surface area contributed by atoms with Crippen LogP contribution in [0.15, 0.2) is 53.7 Å². The van der Waals surface area contributed by atoms with Crippen molar-refractivity contribution in [3.63, 3.8) is 0 Å². The van der Waals surface area contributed by atoms with Crippen LogP contribution in [0.2, 0.25) is 0 Å². The number of piperazine rings is 1. The van der Waals surface area contributed by atoms with Crippen LogP contribution in [0.4, 0.5) is 5.82 Å². The van der Waals surface area contributed by atoms with E-state index in [1.165, 1.54) is 5.56 Å². The van der Waals surface area contributed by atoms with E-state index in [1.54, 1.807) is 7.11 Å². The lowest BCUT2D eigenvalue weighted by molar-refractivity contribution is 0.146. The zero-order valence-corrected chi connectivity index (χ0v) is 16.7. The third kappa shape index (κ3) is 5.60. The lowest BCUT2D eigenvalue weighted by atomic mass is 10.2. The van der Waals surface area contributed by atoms with E-state index in [0.29, 0.717) is 13.2 Å². The highest BCUT2D eigenvalue weighted by Gasteiger charge is 2.20. The van der Waals surface area contributed by atoms with Crippen molar-refractivity contribution in [2.45, 2.75) is 6.54 Å². The van der Waals surface area contributed by atoms with Crippen LogP contribution >= 0.6 is 0 Å². The average Bonchev–Trinajstić information content (AvgIpc) is 2.76. The van der Waals surface area contributed by atoms with Crippen LogP contribution in [-0.2, 0) is 11.3 Å². The Morgan fingerprint density at radius 2 is 1.86 bits per heavy atom. The average molecular weight is 383 g/mol. The van der Waals surface area contributed by atoms with Crippen molar-refractivity contribution in [1.29, 1.82) is 0 Å². The van der Waals surface area contributed by atoms with E-state index in [1.807, 2.05) is 37.5 Å². The number of nitrogens with one attached hydrogen (secondary N) is 1. The number of hydrogen-bond acceptors (Lipinski definition) is 5. The van der Waals surface area contributed by atoms with Crippen molar-refractivity contribution < 1.29 is 9.47 Å². The normalized spacial score (nSPS) is 14.9. The van der Waals surface area contributed by atoms with E-state index in [9.17, 15) is 0 Å². The van der Waals surface area contributed by atoms with E-state index in [0.717, 1.165) is 50.3 Å². The zero-order chi connectivity index (χ0) is 19.6. The van der Waals surface area contributed by atoms with Gasteiger partial charge in [0.25, 0.3) is 0 Å². The predicted octanol–water partition coefficient (Wildman–Crippen LogP) is 2.00. The molecule has 1 aliphatic rings. The van der Waals surface area contributed by atoms with Crippen molar-refractivity contribution in [3.8, 4) is 5.75 Å². The zero-order valence-electron chi connectivity index (χ0n) is 16.7. The number of hydrogen-bond donors (Lipinski definition) is 1. The van der Waals surface area contributed by atoms with Gasteiger partial charge in [-0.3, -0.25) is 4.99 Å². The second-order valence-corrected chi connectivity index (χ2v) is 6.55. The number of rotatable bonds is 7. The highest BCUT2D eigenvalue weighted by Crippen LogP contribution is 2.14. The summed E-state index contributed by atoms with van der Waals surface area (Å²) in [5.74, 6) is 2.83. The number of aliphatic imine (C=N–C) groups is 1. The number of anilines is 1. The van der Waals surface area contributed by atoms with Crippen LogP contribution in [0.5, 0.6) is 5.75 Å². The Morgan fingerprint density at radius 1 is 1.07 bits per heavy atom. The van der Waals surface area contributed by atoms with Gasteiger partial charge in [-0.25, -0.2) is 4.98 Å². The third-order valence-electron chi connectivity index (χ3n) is 4.69. The molecule has 0 amide bonds. The molecule has 3 rings (SSSR count). The fourth-order valence-corrected chi connectivity index (χ4v) is 3.15. The molecular formula is C21H29N5O2. The maximum atomic E-state index is 5.60. The van der Waals surface area contributed by atoms with Gasteiger partial charge >= 0.3 is 0 Å². The molecular weight excluding hydrogens is 354 g/mol. The molecule has 2 aromatic rings. The summed E-state index contributed by atoms with van der Waals surface area (Å²) in [5, 5.41) is 3.46. The van der Waals surface area contributed by atoms with Crippen LogP contribution < -0.4 is 15.0 Å². The summed E-state index contributed by atoms with van der Waals surface area (Å²) < 4.78 is 10.6. The third-order valence-corrected chi connectivity index (χ3v) is 4.69. The molecule has 0 spiro atoms. The Labute approximate surface area is 167 Å². The smallest absolute Gasteiger partial charge is 0.194 e. The monoisotopic (exact) mass is 383 g/mol. The largest absolute Gasteiger partial charge is 0.491 e. The number of pyridine rings is 1. The molecule has 0 atom stereocenters. The number of guanidine groups is 1. The topological polar surface area (TPSA) is 62.2 Å². The number of nitrogens with zero attached hydrogens (tertiary/aromatic N) is 4. The summed E-state index contributed by atoms with van der Waals surface area (Å²) in [7, 11) is 3.50. The van der Waals surface area contributed by atoms with E-state index in [-0.39, 0.29) is 0 Å².